The van der Waals surface area contributed by atoms with E-state index in [9.17, 15) is 0 Å². The van der Waals surface area contributed by atoms with E-state index >= 15 is 0 Å². The van der Waals surface area contributed by atoms with Gasteiger partial charge in [0.2, 0.25) is 0 Å². The second kappa shape index (κ2) is 6.49. The second-order valence-corrected chi connectivity index (χ2v) is 6.86. The van der Waals surface area contributed by atoms with Crippen molar-refractivity contribution in [3.05, 3.63) is 52.8 Å². The first-order valence-electron chi connectivity index (χ1n) is 8.77. The number of hydrogen-bond donors (Lipinski definition) is 0. The van der Waals surface area contributed by atoms with Crippen molar-refractivity contribution in [2.24, 2.45) is 12.0 Å². The molecule has 126 valence electrons. The molecule has 0 unspecified atom stereocenters. The number of aromatic nitrogens is 2. The molecule has 5 nitrogen and oxygen atoms in total. The Balaban J connectivity index is 1.57. The predicted molar refractivity (Wildman–Crippen MR) is 96.6 cm³/mol. The van der Waals surface area contributed by atoms with Crippen LogP contribution < -0.4 is 0 Å². The number of nitrogens with zero attached hydrogens (tertiary/aromatic N) is 5. The lowest BCUT2D eigenvalue weighted by Gasteiger charge is -2.32. The Morgan fingerprint density at radius 1 is 1.04 bits per heavy atom. The van der Waals surface area contributed by atoms with Crippen molar-refractivity contribution in [1.29, 1.82) is 0 Å². The molecule has 0 aliphatic carbocycles. The highest BCUT2D eigenvalue weighted by Crippen LogP contribution is 2.20. The Morgan fingerprint density at radius 3 is 2.67 bits per heavy atom. The first-order chi connectivity index (χ1) is 11.7. The van der Waals surface area contributed by atoms with Crippen LogP contribution in [0.1, 0.15) is 22.5 Å². The summed E-state index contributed by atoms with van der Waals surface area (Å²) in [7, 11) is 4.24. The summed E-state index contributed by atoms with van der Waals surface area (Å²) in [6.45, 7) is 6.36. The van der Waals surface area contributed by atoms with Gasteiger partial charge in [0, 0.05) is 51.9 Å². The van der Waals surface area contributed by atoms with E-state index in [-0.39, 0.29) is 0 Å². The van der Waals surface area contributed by atoms with E-state index in [1.54, 1.807) is 0 Å². The molecule has 1 fully saturated rings. The molecule has 0 bridgehead atoms. The zero-order valence-corrected chi connectivity index (χ0v) is 14.6. The quantitative estimate of drug-likeness (QED) is 0.860. The van der Waals surface area contributed by atoms with E-state index in [0.29, 0.717) is 0 Å². The third-order valence-electron chi connectivity index (χ3n) is 5.12. The highest BCUT2D eigenvalue weighted by atomic mass is 15.3. The van der Waals surface area contributed by atoms with Crippen LogP contribution in [0.25, 0.3) is 0 Å². The first-order valence-corrected chi connectivity index (χ1v) is 8.77. The van der Waals surface area contributed by atoms with Gasteiger partial charge in [-0.25, -0.2) is 0 Å². The molecule has 0 spiro atoms. The topological polar surface area (TPSA) is 36.7 Å². The number of fused-ring (bicyclic) bond motifs is 1. The molecule has 0 amide bonds. The maximum Gasteiger partial charge on any atom is 0.111 e. The molecule has 4 rings (SSSR count). The molecule has 2 aliphatic heterocycles. The van der Waals surface area contributed by atoms with Gasteiger partial charge < -0.3 is 4.90 Å². The molecular formula is C19H25N5. The summed E-state index contributed by atoms with van der Waals surface area (Å²) in [6.07, 6.45) is 1.03. The van der Waals surface area contributed by atoms with E-state index in [0.717, 1.165) is 57.1 Å². The van der Waals surface area contributed by atoms with Crippen LogP contribution in [0.5, 0.6) is 0 Å². The van der Waals surface area contributed by atoms with E-state index in [1.807, 2.05) is 11.7 Å². The van der Waals surface area contributed by atoms with Gasteiger partial charge >= 0.3 is 0 Å². The van der Waals surface area contributed by atoms with E-state index in [1.165, 1.54) is 16.8 Å². The molecule has 2 aromatic rings. The minimum Gasteiger partial charge on any atom is -0.304 e. The summed E-state index contributed by atoms with van der Waals surface area (Å²) in [6, 6.07) is 10.8. The molecule has 5 heteroatoms. The van der Waals surface area contributed by atoms with Gasteiger partial charge in [0.1, 0.15) is 5.69 Å². The van der Waals surface area contributed by atoms with Gasteiger partial charge in [0.15, 0.2) is 0 Å². The summed E-state index contributed by atoms with van der Waals surface area (Å²) in [5.74, 6) is 0. The molecule has 1 aromatic heterocycles. The Morgan fingerprint density at radius 2 is 1.83 bits per heavy atom. The Labute approximate surface area is 143 Å². The molecule has 1 aromatic carbocycles. The average Bonchev–Trinajstić information content (AvgIpc) is 2.97. The van der Waals surface area contributed by atoms with Crippen LogP contribution in [0.2, 0.25) is 0 Å². The average molecular weight is 323 g/mol. The van der Waals surface area contributed by atoms with Crippen molar-refractivity contribution in [3.8, 4) is 0 Å². The zero-order valence-electron chi connectivity index (χ0n) is 14.6. The molecule has 0 atom stereocenters. The van der Waals surface area contributed by atoms with Crippen LogP contribution in [-0.4, -0.2) is 65.1 Å². The number of benzene rings is 1. The highest BCUT2D eigenvalue weighted by molar-refractivity contribution is 6.13. The molecule has 0 N–H and O–H groups in total. The van der Waals surface area contributed by atoms with Gasteiger partial charge in [0.25, 0.3) is 0 Å². The smallest absolute Gasteiger partial charge is 0.111 e. The van der Waals surface area contributed by atoms with Crippen molar-refractivity contribution in [1.82, 2.24) is 19.6 Å². The monoisotopic (exact) mass is 323 g/mol. The molecular weight excluding hydrogens is 298 g/mol. The van der Waals surface area contributed by atoms with Gasteiger partial charge in [-0.05, 0) is 25.1 Å². The fraction of sp³-hybridized carbons (Fsp3) is 0.474. The fourth-order valence-electron chi connectivity index (χ4n) is 3.57. The molecule has 2 aliphatic rings. The maximum absolute atomic E-state index is 4.77. The standard InChI is InChI=1S/C19H25N5/c1-22-9-11-24(12-10-22)14-16-13-18(21-23(16)2)19-17-6-4-3-5-15(17)7-8-20-19/h3-6,13H,7-12,14H2,1-2H3. The van der Waals surface area contributed by atoms with E-state index < -0.39 is 0 Å². The summed E-state index contributed by atoms with van der Waals surface area (Å²) in [5.41, 5.74) is 5.95. The number of likely N-dealkylation sites (N-methyl/N-ethyl adjacent to an activating group) is 1. The van der Waals surface area contributed by atoms with Crippen molar-refractivity contribution in [2.75, 3.05) is 39.8 Å². The third kappa shape index (κ3) is 3.01. The first kappa shape index (κ1) is 15.5. The van der Waals surface area contributed by atoms with Gasteiger partial charge in [-0.3, -0.25) is 14.6 Å². The fourth-order valence-corrected chi connectivity index (χ4v) is 3.57. The van der Waals surface area contributed by atoms with Gasteiger partial charge in [-0.2, -0.15) is 5.10 Å². The number of piperazine rings is 1. The highest BCUT2D eigenvalue weighted by Gasteiger charge is 2.20. The number of hydrogen-bond acceptors (Lipinski definition) is 4. The largest absolute Gasteiger partial charge is 0.304 e. The van der Waals surface area contributed by atoms with Crippen LogP contribution in [-0.2, 0) is 20.0 Å². The van der Waals surface area contributed by atoms with Crippen LogP contribution >= 0.6 is 0 Å². The SMILES string of the molecule is CN1CCN(Cc2cc(C3=NCCc4ccccc43)nn2C)CC1. The Kier molecular flexibility index (Phi) is 4.21. The van der Waals surface area contributed by atoms with Gasteiger partial charge in [-0.15, -0.1) is 0 Å². The summed E-state index contributed by atoms with van der Waals surface area (Å²) in [5, 5.41) is 4.76. The normalized spacial score (nSPS) is 19.2. The van der Waals surface area contributed by atoms with Crippen molar-refractivity contribution >= 4 is 5.71 Å². The van der Waals surface area contributed by atoms with Crippen molar-refractivity contribution in [2.45, 2.75) is 13.0 Å². The van der Waals surface area contributed by atoms with Crippen LogP contribution in [0.4, 0.5) is 0 Å². The minimum absolute atomic E-state index is 0.858. The number of aliphatic imine (C=N–C) groups is 1. The van der Waals surface area contributed by atoms with Crippen LogP contribution in [0.3, 0.4) is 0 Å². The maximum atomic E-state index is 4.77. The minimum atomic E-state index is 0.858. The van der Waals surface area contributed by atoms with E-state index in [4.69, 9.17) is 10.1 Å². The van der Waals surface area contributed by atoms with Crippen molar-refractivity contribution in [3.63, 3.8) is 0 Å². The lowest BCUT2D eigenvalue weighted by Crippen LogP contribution is -2.44. The lowest BCUT2D eigenvalue weighted by molar-refractivity contribution is 0.145. The predicted octanol–water partition coefficient (Wildman–Crippen LogP) is 1.56. The summed E-state index contributed by atoms with van der Waals surface area (Å²) in [4.78, 5) is 9.67. The molecule has 1 saturated heterocycles. The molecule has 24 heavy (non-hydrogen) atoms. The second-order valence-electron chi connectivity index (χ2n) is 6.86. The van der Waals surface area contributed by atoms with Gasteiger partial charge in [0.05, 0.1) is 11.4 Å². The number of aryl methyl sites for hydroxylation is 1. The summed E-state index contributed by atoms with van der Waals surface area (Å²) >= 11 is 0. The third-order valence-corrected chi connectivity index (χ3v) is 5.12. The zero-order chi connectivity index (χ0) is 16.5. The molecule has 0 radical (unpaired) electrons. The van der Waals surface area contributed by atoms with Crippen LogP contribution in [0.15, 0.2) is 35.3 Å². The van der Waals surface area contributed by atoms with Crippen molar-refractivity contribution < 1.29 is 0 Å². The van der Waals surface area contributed by atoms with Crippen LogP contribution in [0, 0.1) is 0 Å². The van der Waals surface area contributed by atoms with Gasteiger partial charge in [-0.1, -0.05) is 24.3 Å². The molecule has 0 saturated carbocycles. The Bertz CT molecular complexity index is 753. The lowest BCUT2D eigenvalue weighted by atomic mass is 9.96. The Hall–Kier alpha value is -1.98. The van der Waals surface area contributed by atoms with E-state index in [2.05, 4.69) is 47.2 Å². The summed E-state index contributed by atoms with van der Waals surface area (Å²) < 4.78 is 2.02. The number of rotatable bonds is 3. The molecule has 3 heterocycles.